The highest BCUT2D eigenvalue weighted by atomic mass is 32.2. The van der Waals surface area contributed by atoms with Gasteiger partial charge >= 0.3 is 6.98 Å². The first-order valence-corrected chi connectivity index (χ1v) is 9.85. The maximum atomic E-state index is 12.5. The fourth-order valence-electron chi connectivity index (χ4n) is 1.99. The summed E-state index contributed by atoms with van der Waals surface area (Å²) in [6.07, 6.45) is 3.48. The van der Waals surface area contributed by atoms with Crippen LogP contribution in [0.2, 0.25) is 0 Å². The van der Waals surface area contributed by atoms with Gasteiger partial charge in [0, 0.05) is 5.56 Å². The molecular formula is C16H12BF8NOS. The van der Waals surface area contributed by atoms with Crippen LogP contribution in [0.25, 0.3) is 0 Å². The topological polar surface area (TPSA) is 40.9 Å². The summed E-state index contributed by atoms with van der Waals surface area (Å²) in [5.74, 6) is -13.0. The van der Waals surface area contributed by atoms with Gasteiger partial charge in [0.25, 0.3) is 0 Å². The Balaban J connectivity index is 0.000000283. The molecule has 28 heavy (non-hydrogen) atoms. The van der Waals surface area contributed by atoms with Crippen molar-refractivity contribution < 1.29 is 39.1 Å². The van der Waals surface area contributed by atoms with Crippen molar-refractivity contribution in [2.45, 2.75) is 5.75 Å². The SMILES string of the molecule is C[S+](C)(=O)Cc1ccc(C#N)cc1.Fc1c(F)c(F)c([B-](F)(F)F)c(F)c1F. The fraction of sp³-hybridized carbons (Fsp3) is 0.188. The number of benzene rings is 2. The summed E-state index contributed by atoms with van der Waals surface area (Å²) in [4.78, 5) is 0. The highest BCUT2D eigenvalue weighted by molar-refractivity contribution is 8.00. The van der Waals surface area contributed by atoms with E-state index in [1.54, 1.807) is 24.6 Å². The van der Waals surface area contributed by atoms with Crippen LogP contribution in [-0.2, 0) is 19.9 Å². The molecule has 0 aromatic heterocycles. The molecule has 0 amide bonds. The second kappa shape index (κ2) is 8.73. The minimum Gasteiger partial charge on any atom is -0.445 e. The van der Waals surface area contributed by atoms with Crippen LogP contribution >= 0.6 is 0 Å². The second-order valence-electron chi connectivity index (χ2n) is 5.95. The van der Waals surface area contributed by atoms with Crippen LogP contribution < -0.4 is 5.46 Å². The quantitative estimate of drug-likeness (QED) is 0.241. The summed E-state index contributed by atoms with van der Waals surface area (Å²) in [6, 6.07) is 9.25. The molecule has 2 rings (SSSR count). The van der Waals surface area contributed by atoms with E-state index in [1.807, 2.05) is 18.2 Å². The van der Waals surface area contributed by atoms with Gasteiger partial charge in [-0.15, -0.1) is 4.21 Å². The fourth-order valence-corrected chi connectivity index (χ4v) is 2.98. The van der Waals surface area contributed by atoms with E-state index < -0.39 is 51.5 Å². The molecule has 0 aliphatic heterocycles. The van der Waals surface area contributed by atoms with Crippen LogP contribution in [0.3, 0.4) is 0 Å². The molecule has 0 N–H and O–H groups in total. The molecule has 0 spiro atoms. The second-order valence-corrected chi connectivity index (χ2v) is 9.11. The number of nitriles is 1. The van der Waals surface area contributed by atoms with Gasteiger partial charge in [0.2, 0.25) is 0 Å². The number of hydrogen-bond donors (Lipinski definition) is 0. The Hall–Kier alpha value is -2.42. The standard InChI is InChI=1S/C10H12NOS.C6BF8/c1-13(2,12)8-10-5-3-9(7-11)4-6-10;8-2-1(7(13,14)15)3(9)5(11)6(12)4(2)10/h3-6H,8H2,1-2H3;/q+1;-1. The number of hydrogen-bond acceptors (Lipinski definition) is 2. The molecule has 12 heteroatoms. The van der Waals surface area contributed by atoms with E-state index in [4.69, 9.17) is 5.26 Å². The predicted molar refractivity (Wildman–Crippen MR) is 89.7 cm³/mol. The smallest absolute Gasteiger partial charge is 0.445 e. The zero-order chi connectivity index (χ0) is 21.9. The third-order valence-electron chi connectivity index (χ3n) is 3.17. The average molecular weight is 429 g/mol. The Bertz CT molecular complexity index is 918. The van der Waals surface area contributed by atoms with Crippen molar-refractivity contribution in [1.29, 1.82) is 5.26 Å². The lowest BCUT2D eigenvalue weighted by Crippen LogP contribution is -2.41. The minimum absolute atomic E-state index is 0.582. The Kier molecular flexibility index (Phi) is 7.36. The van der Waals surface area contributed by atoms with E-state index in [1.165, 1.54) is 0 Å². The van der Waals surface area contributed by atoms with E-state index in [0.29, 0.717) is 11.3 Å². The Morgan fingerprint density at radius 1 is 0.857 bits per heavy atom. The zero-order valence-electron chi connectivity index (χ0n) is 14.4. The molecule has 0 unspecified atom stereocenters. The van der Waals surface area contributed by atoms with E-state index in [-0.39, 0.29) is 0 Å². The average Bonchev–Trinajstić information content (AvgIpc) is 2.57. The van der Waals surface area contributed by atoms with E-state index in [0.717, 1.165) is 5.56 Å². The maximum absolute atomic E-state index is 12.5. The summed E-state index contributed by atoms with van der Waals surface area (Å²) in [6.45, 7) is -6.30. The molecule has 0 atom stereocenters. The third-order valence-corrected chi connectivity index (χ3v) is 4.20. The molecule has 0 fully saturated rings. The van der Waals surface area contributed by atoms with Crippen LogP contribution in [0.4, 0.5) is 34.9 Å². The molecule has 0 saturated carbocycles. The van der Waals surface area contributed by atoms with Crippen LogP contribution in [-0.4, -0.2) is 19.5 Å². The van der Waals surface area contributed by atoms with Crippen molar-refractivity contribution in [2.75, 3.05) is 12.5 Å². The summed E-state index contributed by atoms with van der Waals surface area (Å²) in [5, 5.41) is 8.55. The summed E-state index contributed by atoms with van der Waals surface area (Å²) in [7, 11) is -1.73. The van der Waals surface area contributed by atoms with Gasteiger partial charge < -0.3 is 12.9 Å². The first kappa shape index (κ1) is 23.6. The predicted octanol–water partition coefficient (Wildman–Crippen LogP) is 4.25. The van der Waals surface area contributed by atoms with Gasteiger partial charge in [-0.3, -0.25) is 0 Å². The lowest BCUT2D eigenvalue weighted by Gasteiger charge is -2.17. The molecule has 0 aliphatic rings. The van der Waals surface area contributed by atoms with Crippen LogP contribution in [0, 0.1) is 40.4 Å². The lowest BCUT2D eigenvalue weighted by atomic mass is 9.79. The highest BCUT2D eigenvalue weighted by Crippen LogP contribution is 2.21. The van der Waals surface area contributed by atoms with Gasteiger partial charge in [-0.1, -0.05) is 12.1 Å². The molecule has 152 valence electrons. The Morgan fingerprint density at radius 2 is 1.25 bits per heavy atom. The first-order chi connectivity index (χ1) is 12.7. The van der Waals surface area contributed by atoms with Crippen LogP contribution in [0.15, 0.2) is 24.3 Å². The van der Waals surface area contributed by atoms with E-state index in [2.05, 4.69) is 0 Å². The largest absolute Gasteiger partial charge is 0.515 e. The molecule has 0 aliphatic carbocycles. The zero-order valence-corrected chi connectivity index (χ0v) is 15.2. The van der Waals surface area contributed by atoms with Crippen molar-refractivity contribution in [3.63, 3.8) is 0 Å². The van der Waals surface area contributed by atoms with Crippen LogP contribution in [0.5, 0.6) is 0 Å². The van der Waals surface area contributed by atoms with Gasteiger partial charge in [-0.2, -0.15) is 5.26 Å². The molecule has 2 aromatic rings. The third kappa shape index (κ3) is 6.05. The van der Waals surface area contributed by atoms with Crippen molar-refractivity contribution in [1.82, 2.24) is 0 Å². The van der Waals surface area contributed by atoms with Crippen molar-refractivity contribution in [2.24, 2.45) is 0 Å². The van der Waals surface area contributed by atoms with Gasteiger partial charge in [-0.05, 0) is 17.6 Å². The number of rotatable bonds is 3. The lowest BCUT2D eigenvalue weighted by molar-refractivity contribution is 0.377. The molecular weight excluding hydrogens is 417 g/mol. The van der Waals surface area contributed by atoms with Crippen molar-refractivity contribution in [3.8, 4) is 6.07 Å². The van der Waals surface area contributed by atoms with Gasteiger partial charge in [0.05, 0.1) is 21.6 Å². The number of halogens is 8. The Labute approximate surface area is 156 Å². The normalized spacial score (nSPS) is 11.5. The van der Waals surface area contributed by atoms with E-state index >= 15 is 0 Å². The van der Waals surface area contributed by atoms with Gasteiger partial charge in [0.1, 0.15) is 29.9 Å². The van der Waals surface area contributed by atoms with Gasteiger partial charge in [0.15, 0.2) is 17.5 Å². The van der Waals surface area contributed by atoms with E-state index in [9.17, 15) is 39.1 Å². The van der Waals surface area contributed by atoms with Crippen molar-refractivity contribution in [3.05, 3.63) is 64.5 Å². The summed E-state index contributed by atoms with van der Waals surface area (Å²) >= 11 is 0. The number of nitrogens with zero attached hydrogens (tertiary/aromatic N) is 1. The molecule has 0 bridgehead atoms. The maximum Gasteiger partial charge on any atom is 0.515 e. The highest BCUT2D eigenvalue weighted by Gasteiger charge is 2.37. The monoisotopic (exact) mass is 429 g/mol. The van der Waals surface area contributed by atoms with Crippen LogP contribution in [0.1, 0.15) is 11.1 Å². The minimum atomic E-state index is -6.30. The molecule has 2 nitrogen and oxygen atoms in total. The first-order valence-electron chi connectivity index (χ1n) is 7.31. The summed E-state index contributed by atoms with van der Waals surface area (Å²) in [5.41, 5.74) is -1.07. The van der Waals surface area contributed by atoms with Crippen molar-refractivity contribution >= 4 is 22.4 Å². The van der Waals surface area contributed by atoms with Gasteiger partial charge in [-0.25, -0.2) is 22.0 Å². The summed E-state index contributed by atoms with van der Waals surface area (Å²) < 4.78 is 109. The molecule has 0 radical (unpaired) electrons. The molecule has 0 heterocycles. The Morgan fingerprint density at radius 3 is 1.57 bits per heavy atom. The molecule has 0 saturated heterocycles. The molecule has 2 aromatic carbocycles.